The minimum Gasteiger partial charge on any atom is -0.476 e. The number of carboxylic acids is 1. The molecule has 0 radical (unpaired) electrons. The van der Waals surface area contributed by atoms with Gasteiger partial charge in [-0.3, -0.25) is 0 Å². The van der Waals surface area contributed by atoms with E-state index < -0.39 is 40.4 Å². The van der Waals surface area contributed by atoms with Gasteiger partial charge in [0.2, 0.25) is 0 Å². The number of nitrogens with zero attached hydrogens (tertiary/aromatic N) is 3. The number of hydrogen-bond donors (Lipinski definition) is 2. The normalized spacial score (nSPS) is 11.1. The molecule has 2 N–H and O–H groups in total. The highest BCUT2D eigenvalue weighted by molar-refractivity contribution is 5.93. The van der Waals surface area contributed by atoms with E-state index in [9.17, 15) is 23.5 Å². The summed E-state index contributed by atoms with van der Waals surface area (Å²) >= 11 is 0. The monoisotopic (exact) mass is 428 g/mol. The van der Waals surface area contributed by atoms with Gasteiger partial charge in [0.25, 0.3) is 0 Å². The molecule has 0 bridgehead atoms. The van der Waals surface area contributed by atoms with Crippen molar-refractivity contribution in [3.63, 3.8) is 0 Å². The molecule has 0 aliphatic rings. The number of ether oxygens (including phenoxy) is 1. The molecule has 2 heterocycles. The average Bonchev–Trinajstić information content (AvgIpc) is 2.67. The van der Waals surface area contributed by atoms with E-state index in [0.717, 1.165) is 18.2 Å². The van der Waals surface area contributed by atoms with Crippen LogP contribution in [0, 0.1) is 11.6 Å². The molecule has 3 rings (SSSR count). The molecule has 0 aliphatic carbocycles. The van der Waals surface area contributed by atoms with Crippen LogP contribution in [0.15, 0.2) is 42.6 Å². The van der Waals surface area contributed by atoms with E-state index in [1.54, 1.807) is 20.8 Å². The summed E-state index contributed by atoms with van der Waals surface area (Å²) in [4.78, 5) is 27.6. The maximum atomic E-state index is 14.1. The summed E-state index contributed by atoms with van der Waals surface area (Å²) in [6.45, 7) is 5.19. The van der Waals surface area contributed by atoms with Crippen molar-refractivity contribution in [1.29, 1.82) is 0 Å². The Morgan fingerprint density at radius 3 is 2.29 bits per heavy atom. The SMILES string of the molecule is CC(C)(C)OC(=O)c1ccc(Nc2cc(-c3c(F)cccc3F)nnc2C(=O)O)nc1. The third-order valence-electron chi connectivity index (χ3n) is 3.88. The summed E-state index contributed by atoms with van der Waals surface area (Å²) in [5.74, 6) is -3.55. The highest BCUT2D eigenvalue weighted by Crippen LogP contribution is 2.28. The molecule has 1 aromatic carbocycles. The molecule has 2 aromatic heterocycles. The average molecular weight is 428 g/mol. The predicted molar refractivity (Wildman–Crippen MR) is 107 cm³/mol. The number of hydrogen-bond acceptors (Lipinski definition) is 7. The van der Waals surface area contributed by atoms with Gasteiger partial charge in [-0.05, 0) is 51.1 Å². The maximum Gasteiger partial charge on any atom is 0.358 e. The van der Waals surface area contributed by atoms with Crippen molar-refractivity contribution >= 4 is 23.4 Å². The number of rotatable bonds is 5. The Morgan fingerprint density at radius 2 is 1.74 bits per heavy atom. The second kappa shape index (κ2) is 8.42. The van der Waals surface area contributed by atoms with Gasteiger partial charge in [-0.1, -0.05) is 6.07 Å². The molecule has 31 heavy (non-hydrogen) atoms. The number of carboxylic acid groups (broad SMARTS) is 1. The summed E-state index contributed by atoms with van der Waals surface area (Å²) in [5, 5.41) is 19.3. The molecule has 8 nitrogen and oxygen atoms in total. The van der Waals surface area contributed by atoms with Gasteiger partial charge in [-0.15, -0.1) is 10.2 Å². The van der Waals surface area contributed by atoms with Gasteiger partial charge < -0.3 is 15.2 Å². The first-order chi connectivity index (χ1) is 14.5. The second-order valence-corrected chi connectivity index (χ2v) is 7.45. The van der Waals surface area contributed by atoms with Crippen LogP contribution in [-0.4, -0.2) is 37.8 Å². The molecule has 160 valence electrons. The summed E-state index contributed by atoms with van der Waals surface area (Å²) in [6, 6.07) is 7.32. The number of halogens is 2. The second-order valence-electron chi connectivity index (χ2n) is 7.45. The van der Waals surface area contributed by atoms with E-state index in [-0.39, 0.29) is 22.8 Å². The minimum absolute atomic E-state index is 0.0855. The number of benzene rings is 1. The molecular weight excluding hydrogens is 410 g/mol. The number of carbonyl (C=O) groups is 2. The zero-order valence-corrected chi connectivity index (χ0v) is 16.8. The van der Waals surface area contributed by atoms with Crippen LogP contribution in [0.1, 0.15) is 41.6 Å². The molecule has 0 saturated heterocycles. The van der Waals surface area contributed by atoms with Crippen LogP contribution in [-0.2, 0) is 4.74 Å². The number of carbonyl (C=O) groups excluding carboxylic acids is 1. The van der Waals surface area contributed by atoms with Crippen LogP contribution < -0.4 is 5.32 Å². The summed E-state index contributed by atoms with van der Waals surface area (Å²) < 4.78 is 33.4. The quantitative estimate of drug-likeness (QED) is 0.581. The molecule has 0 aliphatic heterocycles. The molecular formula is C21H18F2N4O4. The zero-order chi connectivity index (χ0) is 22.8. The van der Waals surface area contributed by atoms with Crippen molar-refractivity contribution in [1.82, 2.24) is 15.2 Å². The molecule has 0 saturated carbocycles. The van der Waals surface area contributed by atoms with Crippen molar-refractivity contribution < 1.29 is 28.2 Å². The lowest BCUT2D eigenvalue weighted by molar-refractivity contribution is 0.00689. The van der Waals surface area contributed by atoms with Gasteiger partial charge in [0.1, 0.15) is 28.7 Å². The maximum absolute atomic E-state index is 14.1. The molecule has 0 spiro atoms. The smallest absolute Gasteiger partial charge is 0.358 e. The fraction of sp³-hybridized carbons (Fsp3) is 0.190. The largest absolute Gasteiger partial charge is 0.476 e. The first kappa shape index (κ1) is 21.8. The topological polar surface area (TPSA) is 114 Å². The van der Waals surface area contributed by atoms with Gasteiger partial charge in [-0.25, -0.2) is 23.4 Å². The van der Waals surface area contributed by atoms with Crippen molar-refractivity contribution in [2.75, 3.05) is 5.32 Å². The first-order valence-corrected chi connectivity index (χ1v) is 9.07. The van der Waals surface area contributed by atoms with Gasteiger partial charge in [0.05, 0.1) is 16.8 Å². The zero-order valence-electron chi connectivity index (χ0n) is 16.8. The van der Waals surface area contributed by atoms with Gasteiger partial charge in [-0.2, -0.15) is 0 Å². The molecule has 0 fully saturated rings. The van der Waals surface area contributed by atoms with E-state index in [0.29, 0.717) is 0 Å². The van der Waals surface area contributed by atoms with Gasteiger partial charge in [0, 0.05) is 6.20 Å². The lowest BCUT2D eigenvalue weighted by Gasteiger charge is -2.19. The van der Waals surface area contributed by atoms with Crippen LogP contribution in [0.25, 0.3) is 11.3 Å². The number of nitrogens with one attached hydrogen (secondary N) is 1. The van der Waals surface area contributed by atoms with Gasteiger partial charge >= 0.3 is 11.9 Å². The summed E-state index contributed by atoms with van der Waals surface area (Å²) in [7, 11) is 0. The number of anilines is 2. The molecule has 0 amide bonds. The van der Waals surface area contributed by atoms with E-state index in [1.165, 1.54) is 24.4 Å². The number of pyridine rings is 1. The standard InChI is InChI=1S/C21H18F2N4O4/c1-21(2,3)31-20(30)11-7-8-16(24-10-11)25-15-9-14(26-27-18(15)19(28)29)17-12(22)5-4-6-13(17)23/h4-10H,1-3H3,(H,28,29)(H,24,25,26). The predicted octanol–water partition coefficient (Wildman–Crippen LogP) is 4.21. The first-order valence-electron chi connectivity index (χ1n) is 9.07. The Kier molecular flexibility index (Phi) is 5.91. The highest BCUT2D eigenvalue weighted by Gasteiger charge is 2.20. The van der Waals surface area contributed by atoms with Crippen LogP contribution >= 0.6 is 0 Å². The third-order valence-corrected chi connectivity index (χ3v) is 3.88. The summed E-state index contributed by atoms with van der Waals surface area (Å²) in [6.07, 6.45) is 1.25. The van der Waals surface area contributed by atoms with E-state index in [2.05, 4.69) is 20.5 Å². The third kappa shape index (κ3) is 5.16. The van der Waals surface area contributed by atoms with Crippen LogP contribution in [0.3, 0.4) is 0 Å². The molecule has 0 atom stereocenters. The van der Waals surface area contributed by atoms with Crippen molar-refractivity contribution in [2.24, 2.45) is 0 Å². The van der Waals surface area contributed by atoms with Gasteiger partial charge in [0.15, 0.2) is 5.69 Å². The minimum atomic E-state index is -1.40. The lowest BCUT2D eigenvalue weighted by Crippen LogP contribution is -2.23. The van der Waals surface area contributed by atoms with E-state index in [4.69, 9.17) is 4.74 Å². The van der Waals surface area contributed by atoms with Crippen LogP contribution in [0.2, 0.25) is 0 Å². The molecule has 0 unspecified atom stereocenters. The Balaban J connectivity index is 1.93. The Hall–Kier alpha value is -3.95. The number of esters is 1. The Labute approximate surface area is 175 Å². The fourth-order valence-electron chi connectivity index (χ4n) is 2.57. The van der Waals surface area contributed by atoms with Crippen LogP contribution in [0.4, 0.5) is 20.3 Å². The van der Waals surface area contributed by atoms with Crippen LogP contribution in [0.5, 0.6) is 0 Å². The number of aromatic carboxylic acids is 1. The Bertz CT molecular complexity index is 1120. The molecule has 10 heteroatoms. The summed E-state index contributed by atoms with van der Waals surface area (Å²) in [5.41, 5.74) is -1.68. The molecule has 3 aromatic rings. The van der Waals surface area contributed by atoms with Crippen molar-refractivity contribution in [3.05, 3.63) is 65.5 Å². The van der Waals surface area contributed by atoms with E-state index >= 15 is 0 Å². The fourth-order valence-corrected chi connectivity index (χ4v) is 2.57. The number of aromatic nitrogens is 3. The lowest BCUT2D eigenvalue weighted by atomic mass is 10.1. The Morgan fingerprint density at radius 1 is 1.06 bits per heavy atom. The van der Waals surface area contributed by atoms with Crippen molar-refractivity contribution in [2.45, 2.75) is 26.4 Å². The van der Waals surface area contributed by atoms with Crippen molar-refractivity contribution in [3.8, 4) is 11.3 Å². The van der Waals surface area contributed by atoms with E-state index in [1.807, 2.05) is 0 Å². The highest BCUT2D eigenvalue weighted by atomic mass is 19.1.